The third-order valence-electron chi connectivity index (χ3n) is 3.46. The Hall–Kier alpha value is -0.0800. The van der Waals surface area contributed by atoms with Gasteiger partial charge in [-0.15, -0.1) is 0 Å². The zero-order valence-corrected chi connectivity index (χ0v) is 10.0. The van der Waals surface area contributed by atoms with Gasteiger partial charge in [-0.25, -0.2) is 0 Å². The van der Waals surface area contributed by atoms with E-state index >= 15 is 0 Å². The van der Waals surface area contributed by atoms with Crippen LogP contribution in [0.4, 0.5) is 0 Å². The van der Waals surface area contributed by atoms with E-state index in [2.05, 4.69) is 32.7 Å². The van der Waals surface area contributed by atoms with Gasteiger partial charge in [0.1, 0.15) is 0 Å². The van der Waals surface area contributed by atoms with Crippen LogP contribution in [0.5, 0.6) is 0 Å². The Balaban J connectivity index is 2.36. The van der Waals surface area contributed by atoms with E-state index in [9.17, 15) is 5.11 Å². The first-order chi connectivity index (χ1) is 6.50. The first kappa shape index (κ1) is 12.0. The van der Waals surface area contributed by atoms with Gasteiger partial charge in [-0.1, -0.05) is 13.8 Å². The van der Waals surface area contributed by atoms with Crippen LogP contribution in [0.1, 0.15) is 46.5 Å². The van der Waals surface area contributed by atoms with Crippen LogP contribution >= 0.6 is 0 Å². The summed E-state index contributed by atoms with van der Waals surface area (Å²) < 4.78 is 0. The van der Waals surface area contributed by atoms with Crippen LogP contribution in [-0.2, 0) is 0 Å². The average Bonchev–Trinajstić information content (AvgIpc) is 2.49. The number of rotatable bonds is 4. The summed E-state index contributed by atoms with van der Waals surface area (Å²) in [6, 6.07) is 1.25. The molecule has 0 radical (unpaired) electrons. The molecule has 1 aliphatic rings. The molecule has 0 aliphatic heterocycles. The van der Waals surface area contributed by atoms with Gasteiger partial charge in [0.25, 0.3) is 0 Å². The quantitative estimate of drug-likeness (QED) is 0.751. The predicted molar refractivity (Wildman–Crippen MR) is 60.3 cm³/mol. The molecule has 0 saturated heterocycles. The van der Waals surface area contributed by atoms with Crippen molar-refractivity contribution >= 4 is 0 Å². The molecule has 1 aliphatic carbocycles. The molecule has 0 aromatic rings. The SMILES string of the molecule is CC(C)CC(C)N(C)C1CCC(O)C1. The minimum absolute atomic E-state index is 0.0475. The highest BCUT2D eigenvalue weighted by Gasteiger charge is 2.28. The fourth-order valence-electron chi connectivity index (χ4n) is 2.51. The Morgan fingerprint density at radius 1 is 1.29 bits per heavy atom. The second-order valence-corrected chi connectivity index (χ2v) is 5.26. The van der Waals surface area contributed by atoms with Crippen molar-refractivity contribution in [2.45, 2.75) is 64.6 Å². The molecule has 2 heteroatoms. The molecule has 0 aromatic heterocycles. The first-order valence-electron chi connectivity index (χ1n) is 5.90. The summed E-state index contributed by atoms with van der Waals surface area (Å²) >= 11 is 0. The minimum atomic E-state index is -0.0475. The van der Waals surface area contributed by atoms with Crippen LogP contribution in [0.25, 0.3) is 0 Å². The molecule has 1 fully saturated rings. The van der Waals surface area contributed by atoms with Gasteiger partial charge in [-0.2, -0.15) is 0 Å². The molecule has 0 aromatic carbocycles. The highest BCUT2D eigenvalue weighted by atomic mass is 16.3. The van der Waals surface area contributed by atoms with Gasteiger partial charge in [0.2, 0.25) is 0 Å². The van der Waals surface area contributed by atoms with Crippen molar-refractivity contribution in [1.29, 1.82) is 0 Å². The summed E-state index contributed by atoms with van der Waals surface area (Å²) in [5.41, 5.74) is 0. The van der Waals surface area contributed by atoms with Crippen LogP contribution in [0, 0.1) is 5.92 Å². The zero-order chi connectivity index (χ0) is 10.7. The van der Waals surface area contributed by atoms with Crippen LogP contribution in [-0.4, -0.2) is 35.2 Å². The third-order valence-corrected chi connectivity index (χ3v) is 3.46. The van der Waals surface area contributed by atoms with E-state index in [0.29, 0.717) is 12.1 Å². The van der Waals surface area contributed by atoms with Crippen molar-refractivity contribution in [2.75, 3.05) is 7.05 Å². The Morgan fingerprint density at radius 3 is 2.36 bits per heavy atom. The molecule has 3 atom stereocenters. The molecule has 84 valence electrons. The maximum Gasteiger partial charge on any atom is 0.0555 e. The molecule has 1 saturated carbocycles. The van der Waals surface area contributed by atoms with Gasteiger partial charge in [-0.05, 0) is 45.6 Å². The maximum atomic E-state index is 9.49. The molecule has 2 nitrogen and oxygen atoms in total. The van der Waals surface area contributed by atoms with Crippen LogP contribution in [0.2, 0.25) is 0 Å². The van der Waals surface area contributed by atoms with Crippen LogP contribution < -0.4 is 0 Å². The van der Waals surface area contributed by atoms with Gasteiger partial charge in [0.15, 0.2) is 0 Å². The standard InChI is InChI=1S/C12H25NO/c1-9(2)7-10(3)13(4)11-5-6-12(14)8-11/h9-12,14H,5-8H2,1-4H3. The van der Waals surface area contributed by atoms with E-state index in [0.717, 1.165) is 18.8 Å². The van der Waals surface area contributed by atoms with E-state index in [1.807, 2.05) is 0 Å². The summed E-state index contributed by atoms with van der Waals surface area (Å²) in [5.74, 6) is 0.763. The van der Waals surface area contributed by atoms with Gasteiger partial charge in [0, 0.05) is 12.1 Å². The Morgan fingerprint density at radius 2 is 1.93 bits per heavy atom. The molecular formula is C12H25NO. The summed E-state index contributed by atoms with van der Waals surface area (Å²) in [4.78, 5) is 2.45. The molecule has 3 unspecified atom stereocenters. The van der Waals surface area contributed by atoms with Crippen LogP contribution in [0.15, 0.2) is 0 Å². The van der Waals surface area contributed by atoms with Crippen molar-refractivity contribution in [3.63, 3.8) is 0 Å². The molecular weight excluding hydrogens is 174 g/mol. The molecule has 0 bridgehead atoms. The lowest BCUT2D eigenvalue weighted by molar-refractivity contribution is 0.137. The van der Waals surface area contributed by atoms with Gasteiger partial charge in [-0.3, -0.25) is 0 Å². The van der Waals surface area contributed by atoms with E-state index in [-0.39, 0.29) is 6.10 Å². The van der Waals surface area contributed by atoms with Crippen molar-refractivity contribution in [1.82, 2.24) is 4.90 Å². The highest BCUT2D eigenvalue weighted by Crippen LogP contribution is 2.25. The lowest BCUT2D eigenvalue weighted by Gasteiger charge is -2.31. The molecule has 1 rings (SSSR count). The first-order valence-corrected chi connectivity index (χ1v) is 5.90. The topological polar surface area (TPSA) is 23.5 Å². The number of hydrogen-bond donors (Lipinski definition) is 1. The van der Waals surface area contributed by atoms with E-state index in [1.54, 1.807) is 0 Å². The van der Waals surface area contributed by atoms with Crippen molar-refractivity contribution < 1.29 is 5.11 Å². The van der Waals surface area contributed by atoms with E-state index < -0.39 is 0 Å². The largest absolute Gasteiger partial charge is 0.393 e. The highest BCUT2D eigenvalue weighted by molar-refractivity contribution is 4.83. The molecule has 0 spiro atoms. The molecule has 14 heavy (non-hydrogen) atoms. The smallest absolute Gasteiger partial charge is 0.0555 e. The lowest BCUT2D eigenvalue weighted by atomic mass is 10.0. The van der Waals surface area contributed by atoms with Crippen molar-refractivity contribution in [3.05, 3.63) is 0 Å². The summed E-state index contributed by atoms with van der Waals surface area (Å²) in [6.07, 6.45) is 4.33. The number of aliphatic hydroxyl groups is 1. The van der Waals surface area contributed by atoms with E-state index in [4.69, 9.17) is 0 Å². The minimum Gasteiger partial charge on any atom is -0.393 e. The summed E-state index contributed by atoms with van der Waals surface area (Å²) in [5, 5.41) is 9.49. The lowest BCUT2D eigenvalue weighted by Crippen LogP contribution is -2.38. The number of hydrogen-bond acceptors (Lipinski definition) is 2. The third kappa shape index (κ3) is 3.25. The number of nitrogens with zero attached hydrogens (tertiary/aromatic N) is 1. The number of aliphatic hydroxyl groups excluding tert-OH is 1. The molecule has 0 amide bonds. The van der Waals surface area contributed by atoms with Crippen molar-refractivity contribution in [2.24, 2.45) is 5.92 Å². The van der Waals surface area contributed by atoms with E-state index in [1.165, 1.54) is 12.8 Å². The Labute approximate surface area is 88.3 Å². The summed E-state index contributed by atoms with van der Waals surface area (Å²) in [6.45, 7) is 6.84. The maximum absolute atomic E-state index is 9.49. The fraction of sp³-hybridized carbons (Fsp3) is 1.00. The second-order valence-electron chi connectivity index (χ2n) is 5.26. The van der Waals surface area contributed by atoms with Gasteiger partial charge >= 0.3 is 0 Å². The normalized spacial score (nSPS) is 30.2. The molecule has 1 N–H and O–H groups in total. The predicted octanol–water partition coefficient (Wildman–Crippen LogP) is 2.27. The zero-order valence-electron chi connectivity index (χ0n) is 10.0. The summed E-state index contributed by atoms with van der Waals surface area (Å²) in [7, 11) is 2.20. The Kier molecular flexibility index (Phi) is 4.39. The average molecular weight is 199 g/mol. The van der Waals surface area contributed by atoms with Crippen molar-refractivity contribution in [3.8, 4) is 0 Å². The Bertz CT molecular complexity index is 170. The monoisotopic (exact) mass is 199 g/mol. The fourth-order valence-corrected chi connectivity index (χ4v) is 2.51. The second kappa shape index (κ2) is 5.13. The molecule has 0 heterocycles. The van der Waals surface area contributed by atoms with Gasteiger partial charge < -0.3 is 10.0 Å². The van der Waals surface area contributed by atoms with Gasteiger partial charge in [0.05, 0.1) is 6.10 Å². The van der Waals surface area contributed by atoms with Crippen LogP contribution in [0.3, 0.4) is 0 Å².